The summed E-state index contributed by atoms with van der Waals surface area (Å²) in [7, 11) is 0. The normalized spacial score (nSPS) is 10.1. The van der Waals surface area contributed by atoms with Crippen LogP contribution >= 0.6 is 0 Å². The summed E-state index contributed by atoms with van der Waals surface area (Å²) in [6, 6.07) is 14.3. The third-order valence-corrected chi connectivity index (χ3v) is 3.31. The predicted octanol–water partition coefficient (Wildman–Crippen LogP) is 3.94. The molecule has 0 saturated heterocycles. The van der Waals surface area contributed by atoms with Crippen molar-refractivity contribution in [1.29, 1.82) is 0 Å². The molecular formula is C19H20O4. The van der Waals surface area contributed by atoms with Crippen molar-refractivity contribution >= 4 is 12.6 Å². The van der Waals surface area contributed by atoms with Crippen LogP contribution in [0.15, 0.2) is 48.5 Å². The molecule has 0 N–H and O–H groups in total. The van der Waals surface area contributed by atoms with E-state index in [9.17, 15) is 9.59 Å². The van der Waals surface area contributed by atoms with E-state index in [-0.39, 0.29) is 0 Å². The summed E-state index contributed by atoms with van der Waals surface area (Å²) < 4.78 is 11.2. The molecule has 0 saturated carbocycles. The van der Waals surface area contributed by atoms with Crippen molar-refractivity contribution in [3.63, 3.8) is 0 Å². The molecule has 2 aromatic rings. The Balaban J connectivity index is 1.58. The first-order valence-corrected chi connectivity index (χ1v) is 7.68. The SMILES string of the molecule is O=Cc1cccc(OCCCCCOc2cccc(C=O)c2)c1. The summed E-state index contributed by atoms with van der Waals surface area (Å²) in [5, 5.41) is 0. The first-order chi connectivity index (χ1) is 11.3. The van der Waals surface area contributed by atoms with Crippen LogP contribution < -0.4 is 9.47 Å². The van der Waals surface area contributed by atoms with E-state index in [1.54, 1.807) is 36.4 Å². The first kappa shape index (κ1) is 16.7. The van der Waals surface area contributed by atoms with Gasteiger partial charge in [0, 0.05) is 11.1 Å². The molecule has 0 bridgehead atoms. The highest BCUT2D eigenvalue weighted by Gasteiger charge is 1.98. The molecule has 0 amide bonds. The monoisotopic (exact) mass is 312 g/mol. The molecule has 0 spiro atoms. The predicted molar refractivity (Wildman–Crippen MR) is 88.5 cm³/mol. The third-order valence-electron chi connectivity index (χ3n) is 3.31. The molecule has 0 aromatic heterocycles. The van der Waals surface area contributed by atoms with Crippen molar-refractivity contribution in [2.45, 2.75) is 19.3 Å². The van der Waals surface area contributed by atoms with Gasteiger partial charge in [0.2, 0.25) is 0 Å². The maximum absolute atomic E-state index is 10.7. The molecular weight excluding hydrogens is 292 g/mol. The van der Waals surface area contributed by atoms with Crippen molar-refractivity contribution < 1.29 is 19.1 Å². The lowest BCUT2D eigenvalue weighted by Crippen LogP contribution is -2.01. The van der Waals surface area contributed by atoms with E-state index in [1.165, 1.54) is 0 Å². The van der Waals surface area contributed by atoms with Gasteiger partial charge in [0.05, 0.1) is 13.2 Å². The number of aldehydes is 2. The Morgan fingerprint density at radius 3 is 1.61 bits per heavy atom. The summed E-state index contributed by atoms with van der Waals surface area (Å²) in [4.78, 5) is 21.4. The van der Waals surface area contributed by atoms with E-state index in [2.05, 4.69) is 0 Å². The van der Waals surface area contributed by atoms with E-state index in [0.29, 0.717) is 24.3 Å². The van der Waals surface area contributed by atoms with Gasteiger partial charge in [-0.05, 0) is 43.5 Å². The summed E-state index contributed by atoms with van der Waals surface area (Å²) in [6.07, 6.45) is 4.44. The number of hydrogen-bond donors (Lipinski definition) is 0. The molecule has 0 aliphatic rings. The zero-order valence-corrected chi connectivity index (χ0v) is 12.9. The molecule has 0 aliphatic carbocycles. The molecule has 0 aliphatic heterocycles. The molecule has 0 heterocycles. The second-order valence-electron chi connectivity index (χ2n) is 5.14. The van der Waals surface area contributed by atoms with Crippen LogP contribution in [0.3, 0.4) is 0 Å². The number of rotatable bonds is 10. The van der Waals surface area contributed by atoms with Gasteiger partial charge in [-0.25, -0.2) is 0 Å². The van der Waals surface area contributed by atoms with Gasteiger partial charge in [0.25, 0.3) is 0 Å². The van der Waals surface area contributed by atoms with Gasteiger partial charge in [-0.2, -0.15) is 0 Å². The van der Waals surface area contributed by atoms with Crippen LogP contribution in [-0.2, 0) is 0 Å². The second kappa shape index (κ2) is 9.41. The fraction of sp³-hybridized carbons (Fsp3) is 0.263. The second-order valence-corrected chi connectivity index (χ2v) is 5.14. The van der Waals surface area contributed by atoms with Gasteiger partial charge in [-0.15, -0.1) is 0 Å². The van der Waals surface area contributed by atoms with E-state index >= 15 is 0 Å². The number of carbonyl (C=O) groups is 2. The zero-order chi connectivity index (χ0) is 16.3. The van der Waals surface area contributed by atoms with Crippen LogP contribution in [0.25, 0.3) is 0 Å². The standard InChI is InChI=1S/C19H20O4/c20-14-16-6-4-8-18(12-16)22-10-2-1-3-11-23-19-9-5-7-17(13-19)15-21/h4-9,12-15H,1-3,10-11H2. The third kappa shape index (κ3) is 5.94. The Kier molecular flexibility index (Phi) is 6.85. The molecule has 120 valence electrons. The molecule has 2 aromatic carbocycles. The number of ether oxygens (including phenoxy) is 2. The average molecular weight is 312 g/mol. The molecule has 0 radical (unpaired) electrons. The topological polar surface area (TPSA) is 52.6 Å². The minimum absolute atomic E-state index is 0.614. The van der Waals surface area contributed by atoms with Crippen molar-refractivity contribution in [2.24, 2.45) is 0 Å². The zero-order valence-electron chi connectivity index (χ0n) is 12.9. The van der Waals surface area contributed by atoms with Crippen molar-refractivity contribution in [1.82, 2.24) is 0 Å². The van der Waals surface area contributed by atoms with Crippen molar-refractivity contribution in [3.8, 4) is 11.5 Å². The number of carbonyl (C=O) groups excluding carboxylic acids is 2. The smallest absolute Gasteiger partial charge is 0.150 e. The molecule has 4 heteroatoms. The Labute approximate surface area is 136 Å². The Bertz CT molecular complexity index is 581. The van der Waals surface area contributed by atoms with Crippen LogP contribution in [0.4, 0.5) is 0 Å². The Hall–Kier alpha value is -2.62. The van der Waals surface area contributed by atoms with Gasteiger partial charge in [0.1, 0.15) is 24.1 Å². The lowest BCUT2D eigenvalue weighted by Gasteiger charge is -2.08. The van der Waals surface area contributed by atoms with Gasteiger partial charge >= 0.3 is 0 Å². The average Bonchev–Trinajstić information content (AvgIpc) is 2.61. The highest BCUT2D eigenvalue weighted by atomic mass is 16.5. The van der Waals surface area contributed by atoms with Crippen molar-refractivity contribution in [2.75, 3.05) is 13.2 Å². The lowest BCUT2D eigenvalue weighted by atomic mass is 10.2. The quantitative estimate of drug-likeness (QED) is 0.492. The van der Waals surface area contributed by atoms with Crippen LogP contribution in [0, 0.1) is 0 Å². The minimum atomic E-state index is 0.614. The Morgan fingerprint density at radius 2 is 1.17 bits per heavy atom. The van der Waals surface area contributed by atoms with Crippen molar-refractivity contribution in [3.05, 3.63) is 59.7 Å². The molecule has 0 fully saturated rings. The summed E-state index contributed by atoms with van der Waals surface area (Å²) in [6.45, 7) is 1.23. The Morgan fingerprint density at radius 1 is 0.696 bits per heavy atom. The van der Waals surface area contributed by atoms with Crippen LogP contribution in [-0.4, -0.2) is 25.8 Å². The molecule has 2 rings (SSSR count). The van der Waals surface area contributed by atoms with Gasteiger partial charge < -0.3 is 9.47 Å². The van der Waals surface area contributed by atoms with Gasteiger partial charge in [-0.1, -0.05) is 24.3 Å². The number of unbranched alkanes of at least 4 members (excludes halogenated alkanes) is 2. The number of benzene rings is 2. The van der Waals surface area contributed by atoms with Gasteiger partial charge in [0.15, 0.2) is 0 Å². The van der Waals surface area contributed by atoms with E-state index in [1.807, 2.05) is 12.1 Å². The highest BCUT2D eigenvalue weighted by Crippen LogP contribution is 2.14. The molecule has 23 heavy (non-hydrogen) atoms. The largest absolute Gasteiger partial charge is 0.494 e. The van der Waals surface area contributed by atoms with Crippen LogP contribution in [0.2, 0.25) is 0 Å². The highest BCUT2D eigenvalue weighted by molar-refractivity contribution is 5.75. The van der Waals surface area contributed by atoms with E-state index in [0.717, 1.165) is 43.3 Å². The first-order valence-electron chi connectivity index (χ1n) is 7.68. The van der Waals surface area contributed by atoms with E-state index < -0.39 is 0 Å². The summed E-state index contributed by atoms with van der Waals surface area (Å²) in [5.74, 6) is 1.44. The maximum Gasteiger partial charge on any atom is 0.150 e. The summed E-state index contributed by atoms with van der Waals surface area (Å²) >= 11 is 0. The minimum Gasteiger partial charge on any atom is -0.494 e. The number of hydrogen-bond acceptors (Lipinski definition) is 4. The fourth-order valence-electron chi connectivity index (χ4n) is 2.12. The van der Waals surface area contributed by atoms with E-state index in [4.69, 9.17) is 9.47 Å². The molecule has 0 atom stereocenters. The van der Waals surface area contributed by atoms with Crippen LogP contribution in [0.5, 0.6) is 11.5 Å². The summed E-state index contributed by atoms with van der Waals surface area (Å²) in [5.41, 5.74) is 1.24. The van der Waals surface area contributed by atoms with Crippen LogP contribution in [0.1, 0.15) is 40.0 Å². The van der Waals surface area contributed by atoms with Gasteiger partial charge in [-0.3, -0.25) is 9.59 Å². The lowest BCUT2D eigenvalue weighted by molar-refractivity contribution is 0.111. The fourth-order valence-corrected chi connectivity index (χ4v) is 2.12. The maximum atomic E-state index is 10.7. The molecule has 4 nitrogen and oxygen atoms in total. The molecule has 0 unspecified atom stereocenters.